The number of carbonyl (C=O) groups is 1. The molecule has 0 aromatic rings. The van der Waals surface area contributed by atoms with E-state index >= 15 is 0 Å². The maximum Gasteiger partial charge on any atom is 0.157 e. The number of allylic oxidation sites excluding steroid dienone is 2. The van der Waals surface area contributed by atoms with Crippen LogP contribution in [0.2, 0.25) is 0 Å². The smallest absolute Gasteiger partial charge is 0.157 e. The summed E-state index contributed by atoms with van der Waals surface area (Å²) in [5.74, 6) is 0.247. The molecule has 0 fully saturated rings. The predicted molar refractivity (Wildman–Crippen MR) is 60.7 cm³/mol. The zero-order valence-corrected chi connectivity index (χ0v) is 9.55. The van der Waals surface area contributed by atoms with Crippen molar-refractivity contribution in [3.8, 4) is 0 Å². The summed E-state index contributed by atoms with van der Waals surface area (Å²) in [5, 5.41) is 3.26. The maximum atomic E-state index is 10.9. The standard InChI is InChI=1S/C12H21NO2/c1-2-3-8-15-9-4-7-13-11-5-6-12(14)10-11/h10,13H,2-9H2,1H3. The van der Waals surface area contributed by atoms with Crippen molar-refractivity contribution in [3.05, 3.63) is 11.8 Å². The Kier molecular flexibility index (Phi) is 6.09. The van der Waals surface area contributed by atoms with Crippen LogP contribution in [0.5, 0.6) is 0 Å². The SMILES string of the molecule is CCCCOCCCNC1=CC(=O)CC1. The van der Waals surface area contributed by atoms with Crippen molar-refractivity contribution in [2.24, 2.45) is 0 Å². The van der Waals surface area contributed by atoms with Gasteiger partial charge in [0, 0.05) is 38.0 Å². The van der Waals surface area contributed by atoms with Gasteiger partial charge in [0.15, 0.2) is 5.78 Å². The fourth-order valence-corrected chi connectivity index (χ4v) is 1.51. The van der Waals surface area contributed by atoms with Gasteiger partial charge < -0.3 is 10.1 Å². The van der Waals surface area contributed by atoms with Gasteiger partial charge in [-0.25, -0.2) is 0 Å². The molecule has 0 heterocycles. The summed E-state index contributed by atoms with van der Waals surface area (Å²) in [5.41, 5.74) is 1.09. The van der Waals surface area contributed by atoms with E-state index in [1.807, 2.05) is 0 Å². The second kappa shape index (κ2) is 7.46. The number of carbonyl (C=O) groups excluding carboxylic acids is 1. The lowest BCUT2D eigenvalue weighted by atomic mass is 10.3. The molecule has 1 aliphatic carbocycles. The van der Waals surface area contributed by atoms with Gasteiger partial charge in [0.05, 0.1) is 0 Å². The van der Waals surface area contributed by atoms with Gasteiger partial charge in [-0.1, -0.05) is 13.3 Å². The first-order valence-electron chi connectivity index (χ1n) is 5.88. The van der Waals surface area contributed by atoms with Gasteiger partial charge in [-0.2, -0.15) is 0 Å². The minimum Gasteiger partial charge on any atom is -0.388 e. The van der Waals surface area contributed by atoms with E-state index in [-0.39, 0.29) is 5.78 Å². The van der Waals surface area contributed by atoms with Crippen LogP contribution in [0.3, 0.4) is 0 Å². The van der Waals surface area contributed by atoms with Crippen LogP contribution in [0, 0.1) is 0 Å². The van der Waals surface area contributed by atoms with Crippen molar-refractivity contribution in [1.82, 2.24) is 5.32 Å². The molecule has 0 amide bonds. The summed E-state index contributed by atoms with van der Waals surface area (Å²) in [7, 11) is 0. The number of ether oxygens (including phenoxy) is 1. The van der Waals surface area contributed by atoms with Crippen molar-refractivity contribution in [2.45, 2.75) is 39.0 Å². The number of unbranched alkanes of at least 4 members (excludes halogenated alkanes) is 1. The first-order chi connectivity index (χ1) is 7.33. The molecule has 0 atom stereocenters. The molecule has 86 valence electrons. The molecule has 3 nitrogen and oxygen atoms in total. The summed E-state index contributed by atoms with van der Waals surface area (Å²) in [6.07, 6.45) is 6.62. The minimum absolute atomic E-state index is 0.247. The molecular weight excluding hydrogens is 190 g/mol. The molecule has 0 bridgehead atoms. The van der Waals surface area contributed by atoms with Gasteiger partial charge in [-0.3, -0.25) is 4.79 Å². The fraction of sp³-hybridized carbons (Fsp3) is 0.750. The molecule has 0 aliphatic heterocycles. The molecule has 0 saturated carbocycles. The predicted octanol–water partition coefficient (Wildman–Crippen LogP) is 2.03. The lowest BCUT2D eigenvalue weighted by Crippen LogP contribution is -2.15. The molecule has 1 N–H and O–H groups in total. The van der Waals surface area contributed by atoms with Crippen LogP contribution in [0.25, 0.3) is 0 Å². The number of hydrogen-bond donors (Lipinski definition) is 1. The quantitative estimate of drug-likeness (QED) is 0.624. The molecule has 1 rings (SSSR count). The van der Waals surface area contributed by atoms with Gasteiger partial charge in [0.25, 0.3) is 0 Å². The Labute approximate surface area is 91.9 Å². The van der Waals surface area contributed by atoms with E-state index in [2.05, 4.69) is 12.2 Å². The summed E-state index contributed by atoms with van der Waals surface area (Å²) in [6.45, 7) is 4.76. The Morgan fingerprint density at radius 1 is 1.33 bits per heavy atom. The molecular formula is C12H21NO2. The Morgan fingerprint density at radius 3 is 2.80 bits per heavy atom. The minimum atomic E-state index is 0.247. The molecule has 0 aromatic carbocycles. The summed E-state index contributed by atoms with van der Waals surface area (Å²) < 4.78 is 5.43. The Hall–Kier alpha value is -0.830. The first kappa shape index (κ1) is 12.2. The maximum absolute atomic E-state index is 10.9. The van der Waals surface area contributed by atoms with Gasteiger partial charge >= 0.3 is 0 Å². The van der Waals surface area contributed by atoms with Gasteiger partial charge in [-0.15, -0.1) is 0 Å². The second-order valence-electron chi connectivity index (χ2n) is 3.88. The zero-order chi connectivity index (χ0) is 10.9. The third-order valence-electron chi connectivity index (χ3n) is 2.44. The lowest BCUT2D eigenvalue weighted by molar-refractivity contribution is -0.114. The first-order valence-corrected chi connectivity index (χ1v) is 5.88. The highest BCUT2D eigenvalue weighted by Gasteiger charge is 2.10. The van der Waals surface area contributed by atoms with Gasteiger partial charge in [-0.05, 0) is 19.3 Å². The lowest BCUT2D eigenvalue weighted by Gasteiger charge is -2.06. The number of nitrogens with one attached hydrogen (secondary N) is 1. The normalized spacial score (nSPS) is 15.5. The van der Waals surface area contributed by atoms with Crippen molar-refractivity contribution in [3.63, 3.8) is 0 Å². The highest BCUT2D eigenvalue weighted by Crippen LogP contribution is 2.11. The second-order valence-corrected chi connectivity index (χ2v) is 3.88. The van der Waals surface area contributed by atoms with E-state index in [1.54, 1.807) is 6.08 Å². The van der Waals surface area contributed by atoms with E-state index < -0.39 is 0 Å². The molecule has 1 aliphatic rings. The summed E-state index contributed by atoms with van der Waals surface area (Å²) >= 11 is 0. The zero-order valence-electron chi connectivity index (χ0n) is 9.55. The monoisotopic (exact) mass is 211 g/mol. The average molecular weight is 211 g/mol. The molecule has 0 unspecified atom stereocenters. The van der Waals surface area contributed by atoms with Gasteiger partial charge in [0.1, 0.15) is 0 Å². The third-order valence-corrected chi connectivity index (χ3v) is 2.44. The Morgan fingerprint density at radius 2 is 2.13 bits per heavy atom. The third kappa shape index (κ3) is 5.57. The number of rotatable bonds is 8. The van der Waals surface area contributed by atoms with Crippen LogP contribution >= 0.6 is 0 Å². The molecule has 0 saturated heterocycles. The van der Waals surface area contributed by atoms with Crippen molar-refractivity contribution < 1.29 is 9.53 Å². The highest BCUT2D eigenvalue weighted by molar-refractivity contribution is 5.92. The molecule has 0 aromatic heterocycles. The molecule has 0 spiro atoms. The topological polar surface area (TPSA) is 38.3 Å². The van der Waals surface area contributed by atoms with Crippen LogP contribution < -0.4 is 5.32 Å². The molecule has 15 heavy (non-hydrogen) atoms. The number of hydrogen-bond acceptors (Lipinski definition) is 3. The van der Waals surface area contributed by atoms with Crippen LogP contribution in [-0.2, 0) is 9.53 Å². The molecule has 3 heteroatoms. The van der Waals surface area contributed by atoms with E-state index in [0.717, 1.165) is 44.7 Å². The average Bonchev–Trinajstić information content (AvgIpc) is 2.63. The Bertz CT molecular complexity index is 224. The van der Waals surface area contributed by atoms with Crippen molar-refractivity contribution in [1.29, 1.82) is 0 Å². The van der Waals surface area contributed by atoms with E-state index in [4.69, 9.17) is 4.74 Å². The fourth-order valence-electron chi connectivity index (χ4n) is 1.51. The van der Waals surface area contributed by atoms with E-state index in [1.165, 1.54) is 6.42 Å². The van der Waals surface area contributed by atoms with Gasteiger partial charge in [0.2, 0.25) is 0 Å². The van der Waals surface area contributed by atoms with E-state index in [0.29, 0.717) is 6.42 Å². The Balaban J connectivity index is 1.89. The van der Waals surface area contributed by atoms with Crippen molar-refractivity contribution >= 4 is 5.78 Å². The summed E-state index contributed by atoms with van der Waals surface area (Å²) in [6, 6.07) is 0. The van der Waals surface area contributed by atoms with Crippen LogP contribution in [0.4, 0.5) is 0 Å². The summed E-state index contributed by atoms with van der Waals surface area (Å²) in [4.78, 5) is 10.9. The largest absolute Gasteiger partial charge is 0.388 e. The highest BCUT2D eigenvalue weighted by atomic mass is 16.5. The molecule has 0 radical (unpaired) electrons. The van der Waals surface area contributed by atoms with Crippen LogP contribution in [0.15, 0.2) is 11.8 Å². The van der Waals surface area contributed by atoms with Crippen LogP contribution in [0.1, 0.15) is 39.0 Å². The van der Waals surface area contributed by atoms with Crippen LogP contribution in [-0.4, -0.2) is 25.5 Å². The van der Waals surface area contributed by atoms with E-state index in [9.17, 15) is 4.79 Å². The van der Waals surface area contributed by atoms with Crippen molar-refractivity contribution in [2.75, 3.05) is 19.8 Å². The number of ketones is 1.